The van der Waals surface area contributed by atoms with E-state index in [2.05, 4.69) is 55.5 Å². The van der Waals surface area contributed by atoms with Crippen molar-refractivity contribution in [3.05, 3.63) is 22.3 Å². The van der Waals surface area contributed by atoms with Gasteiger partial charge in [-0.3, -0.25) is 0 Å². The van der Waals surface area contributed by atoms with Crippen LogP contribution in [0.5, 0.6) is 0 Å². The molecule has 0 aromatic carbocycles. The van der Waals surface area contributed by atoms with Gasteiger partial charge in [0.25, 0.3) is 0 Å². The topological polar surface area (TPSA) is 0 Å². The Morgan fingerprint density at radius 3 is 2.00 bits per heavy atom. The van der Waals surface area contributed by atoms with Crippen molar-refractivity contribution in [1.82, 2.24) is 0 Å². The molecule has 0 aliphatic heterocycles. The minimum Gasteiger partial charge on any atom is -0.0791 e. The summed E-state index contributed by atoms with van der Waals surface area (Å²) in [4.78, 5) is 0. The minimum absolute atomic E-state index is 0.316. The van der Waals surface area contributed by atoms with Crippen LogP contribution in [-0.4, -0.2) is 0 Å². The van der Waals surface area contributed by atoms with E-state index in [1.165, 1.54) is 0 Å². The van der Waals surface area contributed by atoms with Crippen molar-refractivity contribution >= 4 is 22.6 Å². The molecule has 0 spiro atoms. The summed E-state index contributed by atoms with van der Waals surface area (Å²) in [6, 6.07) is 0. The lowest BCUT2D eigenvalue weighted by Crippen LogP contribution is -1.97. The molecule has 0 aromatic rings. The molecule has 0 radical (unpaired) electrons. The van der Waals surface area contributed by atoms with Gasteiger partial charge in [0, 0.05) is 0 Å². The Morgan fingerprint density at radius 1 is 1.11 bits per heavy atom. The van der Waals surface area contributed by atoms with Crippen LogP contribution in [0.3, 0.4) is 0 Å². The Balaban J connectivity index is 3.71. The maximum atomic E-state index is 2.21. The lowest BCUT2D eigenvalue weighted by Gasteiger charge is -2.09. The number of halogens is 1. The largest absolute Gasteiger partial charge is 0.0791 e. The van der Waals surface area contributed by atoms with E-state index in [4.69, 9.17) is 0 Å². The summed E-state index contributed by atoms with van der Waals surface area (Å²) in [5, 5.41) is 0. The highest BCUT2D eigenvalue weighted by molar-refractivity contribution is 14.1. The van der Waals surface area contributed by atoms with Crippen LogP contribution in [0.15, 0.2) is 22.3 Å². The number of hydrogen-bond acceptors (Lipinski definition) is 0. The van der Waals surface area contributed by atoms with Crippen molar-refractivity contribution in [2.45, 2.75) is 20.8 Å². The van der Waals surface area contributed by atoms with Crippen LogP contribution >= 0.6 is 22.6 Å². The van der Waals surface area contributed by atoms with Gasteiger partial charge in [0.15, 0.2) is 0 Å². The number of rotatable bonds is 1. The third kappa shape index (κ3) is 8.21. The number of allylic oxidation sites excluding steroid dienone is 3. The zero-order valence-corrected chi connectivity index (χ0v) is 8.34. The van der Waals surface area contributed by atoms with Crippen LogP contribution in [0.25, 0.3) is 0 Å². The smallest absolute Gasteiger partial charge is 0.0200 e. The van der Waals surface area contributed by atoms with Gasteiger partial charge in [-0.1, -0.05) is 61.6 Å². The fourth-order valence-electron chi connectivity index (χ4n) is 0.386. The molecule has 0 saturated carbocycles. The Bertz CT molecular complexity index is 115. The molecule has 0 aromatic heterocycles. The maximum absolute atomic E-state index is 2.21. The molecule has 0 rings (SSSR count). The third-order valence-corrected chi connectivity index (χ3v) is 1.20. The van der Waals surface area contributed by atoms with Crippen molar-refractivity contribution in [2.24, 2.45) is 5.41 Å². The van der Waals surface area contributed by atoms with Gasteiger partial charge in [-0.15, -0.1) is 0 Å². The maximum Gasteiger partial charge on any atom is -0.0200 e. The monoisotopic (exact) mass is 236 g/mol. The molecule has 0 amide bonds. The molecule has 0 heterocycles. The summed E-state index contributed by atoms with van der Waals surface area (Å²) >= 11 is 2.21. The minimum atomic E-state index is 0.316. The standard InChI is InChI=1S/C8H13I/c1-8(2,3)6-4-5-7-9/h4-7H,1-3H3/b6-4+,7-5+. The van der Waals surface area contributed by atoms with Gasteiger partial charge >= 0.3 is 0 Å². The van der Waals surface area contributed by atoms with Gasteiger partial charge in [0.1, 0.15) is 0 Å². The zero-order chi connectivity index (χ0) is 7.33. The molecule has 0 unspecified atom stereocenters. The molecule has 0 N–H and O–H groups in total. The first-order valence-corrected chi connectivity index (χ1v) is 4.25. The van der Waals surface area contributed by atoms with Crippen LogP contribution < -0.4 is 0 Å². The van der Waals surface area contributed by atoms with Crippen LogP contribution in [-0.2, 0) is 0 Å². The lowest BCUT2D eigenvalue weighted by molar-refractivity contribution is 0.544. The molecule has 0 aliphatic carbocycles. The summed E-state index contributed by atoms with van der Waals surface area (Å²) in [6.45, 7) is 6.56. The van der Waals surface area contributed by atoms with Gasteiger partial charge < -0.3 is 0 Å². The fraction of sp³-hybridized carbons (Fsp3) is 0.500. The van der Waals surface area contributed by atoms with Crippen molar-refractivity contribution in [3.8, 4) is 0 Å². The van der Waals surface area contributed by atoms with Crippen LogP contribution in [0, 0.1) is 5.41 Å². The Hall–Kier alpha value is 0.210. The molecule has 9 heavy (non-hydrogen) atoms. The molecule has 0 bridgehead atoms. The highest BCUT2D eigenvalue weighted by Crippen LogP contribution is 2.14. The Morgan fingerprint density at radius 2 is 1.67 bits per heavy atom. The zero-order valence-electron chi connectivity index (χ0n) is 6.19. The normalized spacial score (nSPS) is 13.8. The summed E-state index contributed by atoms with van der Waals surface area (Å²) in [5.41, 5.74) is 0.316. The van der Waals surface area contributed by atoms with E-state index in [0.29, 0.717) is 5.41 Å². The van der Waals surface area contributed by atoms with Crippen molar-refractivity contribution in [2.75, 3.05) is 0 Å². The van der Waals surface area contributed by atoms with Crippen LogP contribution in [0.1, 0.15) is 20.8 Å². The van der Waals surface area contributed by atoms with Crippen LogP contribution in [0.4, 0.5) is 0 Å². The third-order valence-electron chi connectivity index (χ3n) is 0.780. The van der Waals surface area contributed by atoms with E-state index < -0.39 is 0 Å². The molecule has 0 atom stereocenters. The van der Waals surface area contributed by atoms with Gasteiger partial charge in [-0.25, -0.2) is 0 Å². The second-order valence-corrected chi connectivity index (χ2v) is 3.76. The first-order valence-electron chi connectivity index (χ1n) is 3.01. The molecule has 0 nitrogen and oxygen atoms in total. The molecule has 52 valence electrons. The van der Waals surface area contributed by atoms with Crippen molar-refractivity contribution in [3.63, 3.8) is 0 Å². The lowest BCUT2D eigenvalue weighted by atomic mass is 9.96. The quantitative estimate of drug-likeness (QED) is 0.482. The predicted molar refractivity (Wildman–Crippen MR) is 51.8 cm³/mol. The van der Waals surface area contributed by atoms with Gasteiger partial charge in [0.05, 0.1) is 0 Å². The molecular formula is C8H13I. The summed E-state index contributed by atoms with van der Waals surface area (Å²) < 4.78 is 2.00. The average molecular weight is 236 g/mol. The van der Waals surface area contributed by atoms with E-state index in [0.717, 1.165) is 0 Å². The predicted octanol–water partition coefficient (Wildman–Crippen LogP) is 3.54. The average Bonchev–Trinajstić information content (AvgIpc) is 1.63. The fourth-order valence-corrected chi connectivity index (χ4v) is 0.626. The highest BCUT2D eigenvalue weighted by atomic mass is 127. The van der Waals surface area contributed by atoms with E-state index in [9.17, 15) is 0 Å². The molecular weight excluding hydrogens is 223 g/mol. The van der Waals surface area contributed by atoms with Gasteiger partial charge in [0.2, 0.25) is 0 Å². The highest BCUT2D eigenvalue weighted by Gasteiger charge is 2.01. The number of hydrogen-bond donors (Lipinski definition) is 0. The van der Waals surface area contributed by atoms with Gasteiger partial charge in [-0.05, 0) is 9.50 Å². The van der Waals surface area contributed by atoms with E-state index in [1.54, 1.807) is 0 Å². The second kappa shape index (κ2) is 4.09. The summed E-state index contributed by atoms with van der Waals surface area (Å²) in [6.07, 6.45) is 6.29. The first-order chi connectivity index (χ1) is 4.06. The second-order valence-electron chi connectivity index (χ2n) is 3.04. The van der Waals surface area contributed by atoms with E-state index >= 15 is 0 Å². The van der Waals surface area contributed by atoms with Crippen molar-refractivity contribution < 1.29 is 0 Å². The molecule has 0 saturated heterocycles. The van der Waals surface area contributed by atoms with Crippen molar-refractivity contribution in [1.29, 1.82) is 0 Å². The first kappa shape index (κ1) is 9.21. The Kier molecular flexibility index (Phi) is 4.19. The van der Waals surface area contributed by atoms with Gasteiger partial charge in [-0.2, -0.15) is 0 Å². The van der Waals surface area contributed by atoms with E-state index in [1.807, 2.05) is 10.2 Å². The molecule has 0 fully saturated rings. The van der Waals surface area contributed by atoms with E-state index in [-0.39, 0.29) is 0 Å². The summed E-state index contributed by atoms with van der Waals surface area (Å²) in [7, 11) is 0. The Labute approximate surface area is 71.2 Å². The van der Waals surface area contributed by atoms with Crippen LogP contribution in [0.2, 0.25) is 0 Å². The molecule has 1 heteroatoms. The molecule has 0 aliphatic rings. The summed E-state index contributed by atoms with van der Waals surface area (Å²) in [5.74, 6) is 0. The SMILES string of the molecule is CC(C)(C)/C=C/C=C/I.